The average Bonchev–Trinajstić information content (AvgIpc) is 2.20. The van der Waals surface area contributed by atoms with Crippen LogP contribution in [0, 0.1) is 0 Å². The Kier molecular flexibility index (Phi) is 9.58. The molecule has 0 radical (unpaired) electrons. The molecule has 7 heteroatoms. The summed E-state index contributed by atoms with van der Waals surface area (Å²) in [5.74, 6) is -1.92. The van der Waals surface area contributed by atoms with Crippen molar-refractivity contribution in [3.05, 3.63) is 0 Å². The maximum Gasteiger partial charge on any atom is 0.329 e. The Morgan fingerprint density at radius 3 is 1.75 bits per heavy atom. The summed E-state index contributed by atoms with van der Waals surface area (Å²) in [7, 11) is 0. The van der Waals surface area contributed by atoms with Gasteiger partial charge in [0.15, 0.2) is 0 Å². The van der Waals surface area contributed by atoms with Crippen molar-refractivity contribution in [2.45, 2.75) is 6.42 Å². The lowest BCUT2D eigenvalue weighted by atomic mass is 10.5. The Labute approximate surface area is 92.9 Å². The van der Waals surface area contributed by atoms with E-state index in [-0.39, 0.29) is 32.8 Å². The Morgan fingerprint density at radius 2 is 1.25 bits per heavy atom. The quantitative estimate of drug-likeness (QED) is 0.470. The summed E-state index contributed by atoms with van der Waals surface area (Å²) in [6.45, 7) is 0.964. The summed E-state index contributed by atoms with van der Waals surface area (Å²) in [6, 6.07) is 0. The first kappa shape index (κ1) is 14.8. The number of hydrogen-bond acceptors (Lipinski definition) is 5. The minimum atomic E-state index is -1.02. The lowest BCUT2D eigenvalue weighted by Crippen LogP contribution is -2.13. The summed E-state index contributed by atoms with van der Waals surface area (Å²) in [6.07, 6.45) is -0.0261. The molecule has 0 amide bonds. The summed E-state index contributed by atoms with van der Waals surface area (Å²) in [5, 5.41) is 16.5. The summed E-state index contributed by atoms with van der Waals surface area (Å²) in [4.78, 5) is 20.1. The molecule has 0 saturated heterocycles. The fourth-order valence-corrected chi connectivity index (χ4v) is 0.759. The minimum absolute atomic E-state index is 0.0261. The van der Waals surface area contributed by atoms with E-state index in [9.17, 15) is 9.59 Å². The highest BCUT2D eigenvalue weighted by Crippen LogP contribution is 1.84. The largest absolute Gasteiger partial charge is 0.481 e. The highest BCUT2D eigenvalue weighted by Gasteiger charge is 1.97. The fourth-order valence-electron chi connectivity index (χ4n) is 0.759. The normalized spacial score (nSPS) is 10.2. The Hall–Kier alpha value is -1.18. The first-order valence-corrected chi connectivity index (χ1v) is 4.79. The van der Waals surface area contributed by atoms with Gasteiger partial charge in [-0.2, -0.15) is 0 Å². The number of hydrogen-bond donors (Lipinski definition) is 2. The second-order valence-electron chi connectivity index (χ2n) is 2.81. The van der Waals surface area contributed by atoms with Crippen molar-refractivity contribution in [2.75, 3.05) is 39.6 Å². The van der Waals surface area contributed by atoms with Crippen LogP contribution in [0.2, 0.25) is 0 Å². The molecular formula is C9H16O7. The van der Waals surface area contributed by atoms with E-state index < -0.39 is 11.9 Å². The zero-order valence-electron chi connectivity index (χ0n) is 8.89. The summed E-state index contributed by atoms with van der Waals surface area (Å²) < 4.78 is 14.7. The zero-order chi connectivity index (χ0) is 12.2. The second kappa shape index (κ2) is 10.3. The lowest BCUT2D eigenvalue weighted by molar-refractivity contribution is -0.143. The van der Waals surface area contributed by atoms with Gasteiger partial charge in [0, 0.05) is 0 Å². The van der Waals surface area contributed by atoms with Crippen LogP contribution in [0.4, 0.5) is 0 Å². The Bertz CT molecular complexity index is 182. The maximum atomic E-state index is 10.1. The molecule has 0 saturated carbocycles. The van der Waals surface area contributed by atoms with Crippen molar-refractivity contribution in [3.63, 3.8) is 0 Å². The van der Waals surface area contributed by atoms with Crippen LogP contribution in [0.5, 0.6) is 0 Å². The predicted molar refractivity (Wildman–Crippen MR) is 52.3 cm³/mol. The van der Waals surface area contributed by atoms with Crippen LogP contribution in [-0.4, -0.2) is 61.8 Å². The first-order valence-electron chi connectivity index (χ1n) is 4.79. The lowest BCUT2D eigenvalue weighted by Gasteiger charge is -2.04. The van der Waals surface area contributed by atoms with Gasteiger partial charge in [0.1, 0.15) is 6.61 Å². The van der Waals surface area contributed by atoms with Crippen LogP contribution in [0.15, 0.2) is 0 Å². The van der Waals surface area contributed by atoms with E-state index in [2.05, 4.69) is 0 Å². The zero-order valence-corrected chi connectivity index (χ0v) is 8.89. The van der Waals surface area contributed by atoms with Crippen molar-refractivity contribution in [2.24, 2.45) is 0 Å². The summed E-state index contributed by atoms with van der Waals surface area (Å²) >= 11 is 0. The third-order valence-corrected chi connectivity index (χ3v) is 1.43. The van der Waals surface area contributed by atoms with Crippen LogP contribution in [0.25, 0.3) is 0 Å². The van der Waals surface area contributed by atoms with Crippen molar-refractivity contribution < 1.29 is 34.0 Å². The second-order valence-corrected chi connectivity index (χ2v) is 2.81. The van der Waals surface area contributed by atoms with Crippen molar-refractivity contribution in [1.29, 1.82) is 0 Å². The smallest absolute Gasteiger partial charge is 0.329 e. The molecule has 7 nitrogen and oxygen atoms in total. The van der Waals surface area contributed by atoms with Gasteiger partial charge in [0.25, 0.3) is 0 Å². The van der Waals surface area contributed by atoms with Gasteiger partial charge < -0.3 is 24.4 Å². The van der Waals surface area contributed by atoms with Crippen molar-refractivity contribution in [3.8, 4) is 0 Å². The molecular weight excluding hydrogens is 220 g/mol. The molecule has 0 heterocycles. The molecule has 16 heavy (non-hydrogen) atoms. The molecule has 0 aromatic heterocycles. The van der Waals surface area contributed by atoms with Crippen molar-refractivity contribution >= 4 is 11.9 Å². The van der Waals surface area contributed by atoms with Crippen LogP contribution < -0.4 is 0 Å². The van der Waals surface area contributed by atoms with E-state index in [1.54, 1.807) is 0 Å². The van der Waals surface area contributed by atoms with Crippen LogP contribution in [-0.2, 0) is 23.8 Å². The van der Waals surface area contributed by atoms with E-state index >= 15 is 0 Å². The standard InChI is InChI=1S/C9H16O7/c10-8(11)1-2-14-3-4-15-5-6-16-7-9(12)13/h1-7H2,(H,10,11)(H,12,13). The number of carbonyl (C=O) groups is 2. The Balaban J connectivity index is 2.98. The molecule has 0 fully saturated rings. The molecule has 0 aromatic carbocycles. The molecule has 0 aliphatic carbocycles. The molecule has 0 atom stereocenters. The van der Waals surface area contributed by atoms with E-state index in [4.69, 9.17) is 24.4 Å². The van der Waals surface area contributed by atoms with Gasteiger partial charge in [-0.25, -0.2) is 4.79 Å². The topological polar surface area (TPSA) is 102 Å². The van der Waals surface area contributed by atoms with Crippen LogP contribution >= 0.6 is 0 Å². The number of aliphatic carboxylic acids is 2. The van der Waals surface area contributed by atoms with Gasteiger partial charge in [-0.1, -0.05) is 0 Å². The third kappa shape index (κ3) is 12.8. The van der Waals surface area contributed by atoms with E-state index in [1.165, 1.54) is 0 Å². The van der Waals surface area contributed by atoms with Gasteiger partial charge >= 0.3 is 11.9 Å². The molecule has 0 bridgehead atoms. The number of rotatable bonds is 11. The third-order valence-electron chi connectivity index (χ3n) is 1.43. The van der Waals surface area contributed by atoms with Crippen LogP contribution in [0.3, 0.4) is 0 Å². The van der Waals surface area contributed by atoms with E-state index in [0.717, 1.165) is 0 Å². The highest BCUT2D eigenvalue weighted by molar-refractivity contribution is 5.68. The Morgan fingerprint density at radius 1 is 0.750 bits per heavy atom. The fraction of sp³-hybridized carbons (Fsp3) is 0.778. The molecule has 0 spiro atoms. The number of ether oxygens (including phenoxy) is 3. The van der Waals surface area contributed by atoms with E-state index in [0.29, 0.717) is 13.2 Å². The molecule has 2 N–H and O–H groups in total. The monoisotopic (exact) mass is 236 g/mol. The molecule has 0 aliphatic rings. The van der Waals surface area contributed by atoms with Gasteiger partial charge in [0.2, 0.25) is 0 Å². The SMILES string of the molecule is O=C(O)CCOCCOCCOCC(=O)O. The first-order chi connectivity index (χ1) is 7.63. The number of carboxylic acid groups (broad SMARTS) is 2. The van der Waals surface area contributed by atoms with Crippen LogP contribution in [0.1, 0.15) is 6.42 Å². The highest BCUT2D eigenvalue weighted by atomic mass is 16.5. The molecule has 0 aliphatic heterocycles. The van der Waals surface area contributed by atoms with Gasteiger partial charge in [0.05, 0.1) is 39.5 Å². The molecule has 0 aromatic rings. The molecule has 94 valence electrons. The molecule has 0 unspecified atom stereocenters. The average molecular weight is 236 g/mol. The van der Waals surface area contributed by atoms with Gasteiger partial charge in [-0.05, 0) is 0 Å². The maximum absolute atomic E-state index is 10.1. The number of carboxylic acids is 2. The summed E-state index contributed by atoms with van der Waals surface area (Å²) in [5.41, 5.74) is 0. The predicted octanol–water partition coefficient (Wildman–Crippen LogP) is -0.404. The van der Waals surface area contributed by atoms with Gasteiger partial charge in [-0.15, -0.1) is 0 Å². The van der Waals surface area contributed by atoms with Crippen molar-refractivity contribution in [1.82, 2.24) is 0 Å². The minimum Gasteiger partial charge on any atom is -0.481 e. The molecule has 0 rings (SSSR count). The van der Waals surface area contributed by atoms with Gasteiger partial charge in [-0.3, -0.25) is 4.79 Å². The van der Waals surface area contributed by atoms with E-state index in [1.807, 2.05) is 0 Å².